The van der Waals surface area contributed by atoms with Crippen LogP contribution in [0, 0.1) is 0 Å². The highest BCUT2D eigenvalue weighted by molar-refractivity contribution is 6.29. The van der Waals surface area contributed by atoms with E-state index in [1.807, 2.05) is 6.92 Å². The lowest BCUT2D eigenvalue weighted by Crippen LogP contribution is -2.12. The summed E-state index contributed by atoms with van der Waals surface area (Å²) in [7, 11) is 0. The Balaban J connectivity index is 3.62. The Kier molecular flexibility index (Phi) is 6.37. The molecule has 0 unspecified atom stereocenters. The highest BCUT2D eigenvalue weighted by atomic mass is 16.5. The first-order valence-electron chi connectivity index (χ1n) is 4.06. The average molecular weight is 184 g/mol. The minimum atomic E-state index is -0.585. The molecule has 0 fully saturated rings. The average Bonchev–Trinajstić information content (AvgIpc) is 2.05. The summed E-state index contributed by atoms with van der Waals surface area (Å²) in [6.45, 7) is 2.30. The van der Waals surface area contributed by atoms with Crippen LogP contribution < -0.4 is 0 Å². The molecule has 5 heteroatoms. The Bertz CT molecular complexity index is 232. The number of Topliss-reactive ketones (excluding diaryl/α,β-unsaturated/α-hetero) is 1. The van der Waals surface area contributed by atoms with Crippen molar-refractivity contribution in [1.29, 1.82) is 0 Å². The number of carbonyl (C=O) groups excluding carboxylic acids is 2. The number of ether oxygens (including phenoxy) is 1. The molecule has 13 heavy (non-hydrogen) atoms. The highest BCUT2D eigenvalue weighted by Gasteiger charge is 2.10. The van der Waals surface area contributed by atoms with Gasteiger partial charge in [-0.1, -0.05) is 13.3 Å². The Morgan fingerprint density at radius 3 is 2.77 bits per heavy atom. The van der Waals surface area contributed by atoms with Gasteiger partial charge in [0, 0.05) is 0 Å². The SMILES string of the molecule is CCCCOC(=O)CC(=O)C=[N+]=[N-]. The summed E-state index contributed by atoms with van der Waals surface area (Å²) in [6, 6.07) is 0. The van der Waals surface area contributed by atoms with Crippen LogP contribution in [0.5, 0.6) is 0 Å². The predicted octanol–water partition coefficient (Wildman–Crippen LogP) is 0.590. The molecule has 72 valence electrons. The number of unbranched alkanes of at least 4 members (excludes halogenated alkanes) is 1. The summed E-state index contributed by atoms with van der Waals surface area (Å²) < 4.78 is 4.70. The van der Waals surface area contributed by atoms with E-state index in [4.69, 9.17) is 10.3 Å². The normalized spacial score (nSPS) is 8.69. The minimum absolute atomic E-state index is 0.332. The molecule has 0 aliphatic heterocycles. The molecule has 0 radical (unpaired) electrons. The molecule has 0 aromatic heterocycles. The Hall–Kier alpha value is -1.48. The fourth-order valence-electron chi connectivity index (χ4n) is 0.634. The zero-order valence-electron chi connectivity index (χ0n) is 7.52. The van der Waals surface area contributed by atoms with E-state index < -0.39 is 11.8 Å². The second-order valence-corrected chi connectivity index (χ2v) is 2.46. The van der Waals surface area contributed by atoms with Gasteiger partial charge >= 0.3 is 12.2 Å². The van der Waals surface area contributed by atoms with Gasteiger partial charge in [0.2, 0.25) is 5.78 Å². The van der Waals surface area contributed by atoms with E-state index in [2.05, 4.69) is 4.79 Å². The number of hydrogen-bond donors (Lipinski definition) is 0. The van der Waals surface area contributed by atoms with E-state index in [0.717, 1.165) is 12.8 Å². The van der Waals surface area contributed by atoms with Crippen LogP contribution >= 0.6 is 0 Å². The molecule has 0 aliphatic carbocycles. The van der Waals surface area contributed by atoms with Crippen molar-refractivity contribution in [2.45, 2.75) is 26.2 Å². The maximum absolute atomic E-state index is 10.8. The van der Waals surface area contributed by atoms with Crippen molar-refractivity contribution in [2.24, 2.45) is 0 Å². The minimum Gasteiger partial charge on any atom is -0.465 e. The first kappa shape index (κ1) is 11.5. The van der Waals surface area contributed by atoms with E-state index in [1.54, 1.807) is 0 Å². The van der Waals surface area contributed by atoms with Crippen LogP contribution in [0.15, 0.2) is 0 Å². The lowest BCUT2D eigenvalue weighted by molar-refractivity contribution is -0.145. The van der Waals surface area contributed by atoms with Gasteiger partial charge in [0.15, 0.2) is 0 Å². The molecule has 0 saturated carbocycles. The number of ketones is 1. The van der Waals surface area contributed by atoms with Crippen LogP contribution in [0.3, 0.4) is 0 Å². The maximum Gasteiger partial charge on any atom is 0.323 e. The lowest BCUT2D eigenvalue weighted by atomic mass is 10.3. The van der Waals surface area contributed by atoms with Crippen molar-refractivity contribution in [2.75, 3.05) is 6.61 Å². The van der Waals surface area contributed by atoms with Gasteiger partial charge in [-0.2, -0.15) is 4.79 Å². The Labute approximate surface area is 76.3 Å². The second kappa shape index (κ2) is 7.18. The largest absolute Gasteiger partial charge is 0.465 e. The molecule has 0 atom stereocenters. The van der Waals surface area contributed by atoms with Crippen LogP contribution in [0.2, 0.25) is 0 Å². The summed E-state index contributed by atoms with van der Waals surface area (Å²) in [6.07, 6.45) is 2.03. The van der Waals surface area contributed by atoms with Gasteiger partial charge in [-0.05, 0) is 6.42 Å². The molecule has 0 aliphatic rings. The molecular formula is C8H12N2O3. The second-order valence-electron chi connectivity index (χ2n) is 2.46. The summed E-state index contributed by atoms with van der Waals surface area (Å²) in [4.78, 5) is 24.0. The predicted molar refractivity (Wildman–Crippen MR) is 45.2 cm³/mol. The van der Waals surface area contributed by atoms with Crippen molar-refractivity contribution < 1.29 is 19.1 Å². The topological polar surface area (TPSA) is 79.8 Å². The highest BCUT2D eigenvalue weighted by Crippen LogP contribution is 1.91. The van der Waals surface area contributed by atoms with E-state index in [9.17, 15) is 9.59 Å². The number of esters is 1. The smallest absolute Gasteiger partial charge is 0.323 e. The molecule has 0 rings (SSSR count). The van der Waals surface area contributed by atoms with E-state index >= 15 is 0 Å². The van der Waals surface area contributed by atoms with Gasteiger partial charge in [-0.3, -0.25) is 9.59 Å². The number of nitrogens with zero attached hydrogens (tertiary/aromatic N) is 2. The quantitative estimate of drug-likeness (QED) is 0.151. The molecule has 0 spiro atoms. The molecule has 0 bridgehead atoms. The van der Waals surface area contributed by atoms with Gasteiger partial charge in [0.05, 0.1) is 6.61 Å². The molecular weight excluding hydrogens is 172 g/mol. The van der Waals surface area contributed by atoms with Gasteiger partial charge < -0.3 is 10.3 Å². The fraction of sp³-hybridized carbons (Fsp3) is 0.625. The number of hydrogen-bond acceptors (Lipinski definition) is 3. The third-order valence-corrected chi connectivity index (χ3v) is 1.28. The van der Waals surface area contributed by atoms with Crippen LogP contribution in [0.1, 0.15) is 26.2 Å². The molecule has 0 saturated heterocycles. The van der Waals surface area contributed by atoms with E-state index in [1.165, 1.54) is 0 Å². The van der Waals surface area contributed by atoms with Gasteiger partial charge in [-0.25, -0.2) is 0 Å². The Morgan fingerprint density at radius 2 is 2.23 bits per heavy atom. The van der Waals surface area contributed by atoms with Crippen molar-refractivity contribution in [3.63, 3.8) is 0 Å². The van der Waals surface area contributed by atoms with Crippen molar-refractivity contribution in [1.82, 2.24) is 0 Å². The summed E-state index contributed by atoms with van der Waals surface area (Å²) in [5, 5.41) is 0. The van der Waals surface area contributed by atoms with Gasteiger partial charge in [0.1, 0.15) is 6.42 Å². The molecule has 5 nitrogen and oxygen atoms in total. The van der Waals surface area contributed by atoms with Crippen LogP contribution in [-0.4, -0.2) is 29.4 Å². The summed E-state index contributed by atoms with van der Waals surface area (Å²) in [5.74, 6) is -1.15. The third-order valence-electron chi connectivity index (χ3n) is 1.28. The molecule has 0 N–H and O–H groups in total. The lowest BCUT2D eigenvalue weighted by Gasteiger charge is -1.99. The van der Waals surface area contributed by atoms with Gasteiger partial charge in [-0.15, -0.1) is 0 Å². The zero-order chi connectivity index (χ0) is 10.1. The first-order chi connectivity index (χ1) is 6.20. The van der Waals surface area contributed by atoms with Crippen LogP contribution in [-0.2, 0) is 14.3 Å². The molecule has 0 amide bonds. The Morgan fingerprint density at radius 1 is 1.54 bits per heavy atom. The van der Waals surface area contributed by atoms with E-state index in [0.29, 0.717) is 12.8 Å². The first-order valence-corrected chi connectivity index (χ1v) is 4.06. The third kappa shape index (κ3) is 6.90. The van der Waals surface area contributed by atoms with Gasteiger partial charge in [0.25, 0.3) is 0 Å². The maximum atomic E-state index is 10.8. The van der Waals surface area contributed by atoms with Crippen LogP contribution in [0.25, 0.3) is 5.53 Å². The summed E-state index contributed by atoms with van der Waals surface area (Å²) >= 11 is 0. The van der Waals surface area contributed by atoms with Crippen molar-refractivity contribution >= 4 is 18.0 Å². The molecule has 0 heterocycles. The molecule has 0 aromatic carbocycles. The zero-order valence-corrected chi connectivity index (χ0v) is 7.52. The molecule has 0 aromatic rings. The van der Waals surface area contributed by atoms with Crippen molar-refractivity contribution in [3.8, 4) is 0 Å². The standard InChI is InChI=1S/C8H12N2O3/c1-2-3-4-13-8(12)5-7(11)6-10-9/h6H,2-5H2,1H3. The summed E-state index contributed by atoms with van der Waals surface area (Å²) in [5.41, 5.74) is 7.96. The number of rotatable bonds is 6. The van der Waals surface area contributed by atoms with Crippen molar-refractivity contribution in [3.05, 3.63) is 5.53 Å². The van der Waals surface area contributed by atoms with E-state index in [-0.39, 0.29) is 6.42 Å². The van der Waals surface area contributed by atoms with Crippen LogP contribution in [0.4, 0.5) is 0 Å². The monoisotopic (exact) mass is 184 g/mol. The fourth-order valence-corrected chi connectivity index (χ4v) is 0.634. The number of carbonyl (C=O) groups is 2.